The molecule has 7 N–H and O–H groups in total. The first-order chi connectivity index (χ1) is 20.2. The standard InChI is InChI=1S/C30H54O12/c1-2-3-4-5-6-7-8-9-10-11-12-13-14-15-16-17-23(33)39-19-22-24(34)26(36)27(37)29(40-22)42-30(20-32)28(38)25(35)21(18-31)41-30/h9-10,21-22,24-29,31-32,34-38H,2-8,11-20H2,1H3/b10-9-/t21-,22-,24-,25-,26+,27-,28+,29-,30+/m1/s1. The van der Waals surface area contributed by atoms with Gasteiger partial charge in [0.25, 0.3) is 0 Å². The molecule has 2 rings (SSSR count). The van der Waals surface area contributed by atoms with Crippen LogP contribution in [0.2, 0.25) is 0 Å². The number of carbonyl (C=O) groups is 1. The summed E-state index contributed by atoms with van der Waals surface area (Å²) >= 11 is 0. The third kappa shape index (κ3) is 11.4. The monoisotopic (exact) mass is 606 g/mol. The van der Waals surface area contributed by atoms with Gasteiger partial charge in [-0.15, -0.1) is 0 Å². The van der Waals surface area contributed by atoms with Crippen molar-refractivity contribution in [2.45, 2.75) is 152 Å². The second-order valence-corrected chi connectivity index (χ2v) is 11.4. The highest BCUT2D eigenvalue weighted by atomic mass is 16.8. The molecule has 0 aliphatic carbocycles. The molecule has 0 aromatic rings. The predicted octanol–water partition coefficient (Wildman–Crippen LogP) is 1.19. The number of hydrogen-bond acceptors (Lipinski definition) is 12. The molecule has 0 radical (unpaired) electrons. The molecule has 0 spiro atoms. The number of aliphatic hydroxyl groups is 7. The zero-order valence-corrected chi connectivity index (χ0v) is 25.0. The highest BCUT2D eigenvalue weighted by Gasteiger charge is 2.58. The fourth-order valence-corrected chi connectivity index (χ4v) is 5.21. The molecular formula is C30H54O12. The largest absolute Gasteiger partial charge is 0.463 e. The summed E-state index contributed by atoms with van der Waals surface area (Å²) in [5.74, 6) is -2.78. The molecule has 0 amide bonds. The summed E-state index contributed by atoms with van der Waals surface area (Å²) in [6, 6.07) is 0. The van der Waals surface area contributed by atoms with Gasteiger partial charge in [0, 0.05) is 6.42 Å². The number of hydrogen-bond donors (Lipinski definition) is 7. The van der Waals surface area contributed by atoms with Crippen LogP contribution >= 0.6 is 0 Å². The average Bonchev–Trinajstić information content (AvgIpc) is 3.23. The van der Waals surface area contributed by atoms with Crippen LogP contribution in [-0.2, 0) is 23.7 Å². The Kier molecular flexibility index (Phi) is 17.6. The molecular weight excluding hydrogens is 552 g/mol. The van der Waals surface area contributed by atoms with Gasteiger partial charge >= 0.3 is 5.97 Å². The van der Waals surface area contributed by atoms with Crippen LogP contribution in [0.4, 0.5) is 0 Å². The molecule has 0 aromatic carbocycles. The molecule has 246 valence electrons. The van der Waals surface area contributed by atoms with Crippen molar-refractivity contribution in [3.8, 4) is 0 Å². The van der Waals surface area contributed by atoms with Crippen molar-refractivity contribution in [2.75, 3.05) is 19.8 Å². The van der Waals surface area contributed by atoms with Gasteiger partial charge in [0.1, 0.15) is 55.9 Å². The number of aliphatic hydroxyl groups excluding tert-OH is 7. The van der Waals surface area contributed by atoms with Crippen LogP contribution in [-0.4, -0.2) is 116 Å². The summed E-state index contributed by atoms with van der Waals surface area (Å²) < 4.78 is 21.4. The maximum Gasteiger partial charge on any atom is 0.305 e. The smallest absolute Gasteiger partial charge is 0.305 e. The number of unbranched alkanes of at least 4 members (excludes halogenated alkanes) is 11. The van der Waals surface area contributed by atoms with E-state index in [9.17, 15) is 40.5 Å². The highest BCUT2D eigenvalue weighted by Crippen LogP contribution is 2.36. The maximum absolute atomic E-state index is 12.2. The molecule has 2 heterocycles. The van der Waals surface area contributed by atoms with Crippen LogP contribution in [0.3, 0.4) is 0 Å². The first kappa shape index (κ1) is 37.0. The van der Waals surface area contributed by atoms with E-state index in [1.54, 1.807) is 0 Å². The summed E-state index contributed by atoms with van der Waals surface area (Å²) in [5, 5.41) is 70.5. The lowest BCUT2D eigenvalue weighted by Crippen LogP contribution is -2.62. The van der Waals surface area contributed by atoms with Crippen LogP contribution < -0.4 is 0 Å². The quantitative estimate of drug-likeness (QED) is 0.0561. The van der Waals surface area contributed by atoms with Crippen molar-refractivity contribution in [3.63, 3.8) is 0 Å². The third-order valence-electron chi connectivity index (χ3n) is 7.94. The highest BCUT2D eigenvalue weighted by molar-refractivity contribution is 5.69. The van der Waals surface area contributed by atoms with Crippen LogP contribution in [0.15, 0.2) is 12.2 Å². The van der Waals surface area contributed by atoms with Crippen LogP contribution in [0.1, 0.15) is 96.8 Å². The van der Waals surface area contributed by atoms with Crippen molar-refractivity contribution < 1.29 is 59.5 Å². The number of carbonyl (C=O) groups excluding carboxylic acids is 1. The van der Waals surface area contributed by atoms with Gasteiger partial charge in [-0.1, -0.05) is 70.4 Å². The first-order valence-corrected chi connectivity index (χ1v) is 15.6. The SMILES string of the molecule is CCCCCCCC/C=C\CCCCCCCC(=O)OC[C@H]1O[C@H](O[C@]2(CO)O[C@H](CO)[C@@H](O)[C@@H]2O)[C@H](O)[C@@H](O)[C@@H]1O. The van der Waals surface area contributed by atoms with E-state index >= 15 is 0 Å². The van der Waals surface area contributed by atoms with Gasteiger partial charge < -0.3 is 54.7 Å². The Hall–Kier alpha value is -1.19. The zero-order chi connectivity index (χ0) is 31.0. The molecule has 2 aliphatic rings. The van der Waals surface area contributed by atoms with Crippen molar-refractivity contribution in [2.24, 2.45) is 0 Å². The van der Waals surface area contributed by atoms with Crippen LogP contribution in [0, 0.1) is 0 Å². The van der Waals surface area contributed by atoms with E-state index in [-0.39, 0.29) is 6.42 Å². The molecule has 0 bridgehead atoms. The molecule has 0 aromatic heterocycles. The maximum atomic E-state index is 12.2. The molecule has 12 nitrogen and oxygen atoms in total. The normalized spacial score (nSPS) is 33.4. The Morgan fingerprint density at radius 1 is 0.762 bits per heavy atom. The van der Waals surface area contributed by atoms with Crippen molar-refractivity contribution in [3.05, 3.63) is 12.2 Å². The molecule has 2 aliphatic heterocycles. The summed E-state index contributed by atoms with van der Waals surface area (Å²) in [6.07, 6.45) is 6.61. The van der Waals surface area contributed by atoms with Crippen molar-refractivity contribution in [1.82, 2.24) is 0 Å². The minimum Gasteiger partial charge on any atom is -0.463 e. The molecule has 9 atom stereocenters. The Morgan fingerprint density at radius 3 is 1.93 bits per heavy atom. The second kappa shape index (κ2) is 20.0. The van der Waals surface area contributed by atoms with Gasteiger partial charge in [-0.3, -0.25) is 4.79 Å². The number of rotatable bonds is 21. The van der Waals surface area contributed by atoms with E-state index in [2.05, 4.69) is 19.1 Å². The molecule has 0 unspecified atom stereocenters. The minimum absolute atomic E-state index is 0.181. The van der Waals surface area contributed by atoms with Crippen molar-refractivity contribution >= 4 is 5.97 Å². The lowest BCUT2D eigenvalue weighted by atomic mass is 9.99. The first-order valence-electron chi connectivity index (χ1n) is 15.6. The van der Waals surface area contributed by atoms with Crippen molar-refractivity contribution in [1.29, 1.82) is 0 Å². The zero-order valence-electron chi connectivity index (χ0n) is 25.0. The van der Waals surface area contributed by atoms with Crippen LogP contribution in [0.5, 0.6) is 0 Å². The predicted molar refractivity (Wildman–Crippen MR) is 152 cm³/mol. The molecule has 2 fully saturated rings. The van der Waals surface area contributed by atoms with E-state index in [1.807, 2.05) is 0 Å². The van der Waals surface area contributed by atoms with Gasteiger partial charge in [-0.2, -0.15) is 0 Å². The summed E-state index contributed by atoms with van der Waals surface area (Å²) in [5.41, 5.74) is 0. The van der Waals surface area contributed by atoms with Gasteiger partial charge in [0.2, 0.25) is 5.79 Å². The fourth-order valence-electron chi connectivity index (χ4n) is 5.21. The Morgan fingerprint density at radius 2 is 1.36 bits per heavy atom. The van der Waals surface area contributed by atoms with Gasteiger partial charge in [-0.05, 0) is 32.1 Å². The van der Waals surface area contributed by atoms with E-state index in [1.165, 1.54) is 38.5 Å². The van der Waals surface area contributed by atoms with E-state index in [0.717, 1.165) is 38.5 Å². The number of allylic oxidation sites excluding steroid dienone is 2. The lowest BCUT2D eigenvalue weighted by molar-refractivity contribution is -0.383. The third-order valence-corrected chi connectivity index (χ3v) is 7.94. The Bertz CT molecular complexity index is 767. The van der Waals surface area contributed by atoms with E-state index in [0.29, 0.717) is 6.42 Å². The molecule has 12 heteroatoms. The number of ether oxygens (including phenoxy) is 4. The molecule has 42 heavy (non-hydrogen) atoms. The van der Waals surface area contributed by atoms with Crippen LogP contribution in [0.25, 0.3) is 0 Å². The van der Waals surface area contributed by atoms with Gasteiger partial charge in [-0.25, -0.2) is 0 Å². The molecule has 2 saturated heterocycles. The number of esters is 1. The van der Waals surface area contributed by atoms with Gasteiger partial charge in [0.05, 0.1) is 6.61 Å². The summed E-state index contributed by atoms with van der Waals surface area (Å²) in [7, 11) is 0. The Labute approximate surface area is 249 Å². The average molecular weight is 607 g/mol. The lowest BCUT2D eigenvalue weighted by Gasteiger charge is -2.43. The molecule has 0 saturated carbocycles. The Balaban J connectivity index is 1.64. The topological polar surface area (TPSA) is 196 Å². The summed E-state index contributed by atoms with van der Waals surface area (Å²) in [4.78, 5) is 12.2. The van der Waals surface area contributed by atoms with E-state index < -0.39 is 80.6 Å². The fraction of sp³-hybridized carbons (Fsp3) is 0.900. The second-order valence-electron chi connectivity index (χ2n) is 11.4. The minimum atomic E-state index is -2.27. The van der Waals surface area contributed by atoms with Gasteiger partial charge in [0.15, 0.2) is 6.29 Å². The summed E-state index contributed by atoms with van der Waals surface area (Å²) in [6.45, 7) is 0.121. The van der Waals surface area contributed by atoms with E-state index in [4.69, 9.17) is 18.9 Å².